The van der Waals surface area contributed by atoms with Crippen LogP contribution in [0.4, 0.5) is 5.69 Å². The van der Waals surface area contributed by atoms with Crippen LogP contribution in [0.2, 0.25) is 5.02 Å². The van der Waals surface area contributed by atoms with Crippen molar-refractivity contribution in [2.45, 2.75) is 13.8 Å². The van der Waals surface area contributed by atoms with Gasteiger partial charge in [0.15, 0.2) is 5.11 Å². The Labute approximate surface area is 173 Å². The minimum absolute atomic E-state index is 0.0581. The lowest BCUT2D eigenvalue weighted by Crippen LogP contribution is -2.54. The highest BCUT2D eigenvalue weighted by atomic mass is 127. The molecule has 25 heavy (non-hydrogen) atoms. The minimum Gasteiger partial charge on any atom is -0.298 e. The number of rotatable bonds is 2. The molecule has 0 radical (unpaired) electrons. The van der Waals surface area contributed by atoms with Crippen molar-refractivity contribution in [2.24, 2.45) is 0 Å². The van der Waals surface area contributed by atoms with Crippen LogP contribution in [0.25, 0.3) is 6.08 Å². The van der Waals surface area contributed by atoms with E-state index in [0.29, 0.717) is 10.7 Å². The van der Waals surface area contributed by atoms with E-state index in [2.05, 4.69) is 27.9 Å². The number of hydrogen-bond acceptors (Lipinski definition) is 4. The average molecular weight is 503 g/mol. The highest BCUT2D eigenvalue weighted by Gasteiger charge is 2.34. The quantitative estimate of drug-likeness (QED) is 0.286. The number of thiophene rings is 1. The molecule has 1 aromatic carbocycles. The van der Waals surface area contributed by atoms with Crippen molar-refractivity contribution in [1.82, 2.24) is 5.32 Å². The van der Waals surface area contributed by atoms with Crippen LogP contribution in [-0.2, 0) is 9.59 Å². The molecule has 1 saturated heterocycles. The molecule has 8 heteroatoms. The minimum atomic E-state index is -0.486. The predicted octanol–water partition coefficient (Wildman–Crippen LogP) is 4.45. The molecule has 0 atom stereocenters. The van der Waals surface area contributed by atoms with E-state index in [-0.39, 0.29) is 10.7 Å². The van der Waals surface area contributed by atoms with Crippen LogP contribution in [0.15, 0.2) is 29.8 Å². The van der Waals surface area contributed by atoms with Crippen LogP contribution in [0.1, 0.15) is 15.3 Å². The van der Waals surface area contributed by atoms with Gasteiger partial charge in [0.1, 0.15) is 5.57 Å². The largest absolute Gasteiger partial charge is 0.298 e. The second kappa shape index (κ2) is 7.14. The third-order valence-electron chi connectivity index (χ3n) is 3.80. The Hall–Kier alpha value is -1.29. The van der Waals surface area contributed by atoms with E-state index >= 15 is 0 Å². The van der Waals surface area contributed by atoms with E-state index in [1.165, 1.54) is 4.90 Å². The Morgan fingerprint density at radius 1 is 1.24 bits per heavy atom. The molecular formula is C17H12ClIN2O2S2. The van der Waals surface area contributed by atoms with Crippen molar-refractivity contribution in [3.63, 3.8) is 0 Å². The smallest absolute Gasteiger partial charge is 0.270 e. The highest BCUT2D eigenvalue weighted by Crippen LogP contribution is 2.32. The van der Waals surface area contributed by atoms with Crippen LogP contribution in [0.5, 0.6) is 0 Å². The fourth-order valence-electron chi connectivity index (χ4n) is 2.33. The number of thiocarbonyl (C=S) groups is 1. The van der Waals surface area contributed by atoms with Gasteiger partial charge in [0.25, 0.3) is 11.8 Å². The van der Waals surface area contributed by atoms with E-state index in [1.54, 1.807) is 41.7 Å². The van der Waals surface area contributed by atoms with Crippen molar-refractivity contribution >= 4 is 86.4 Å². The Kier molecular flexibility index (Phi) is 5.29. The molecule has 4 nitrogen and oxygen atoms in total. The monoisotopic (exact) mass is 502 g/mol. The molecule has 1 aliphatic heterocycles. The first-order chi connectivity index (χ1) is 11.8. The van der Waals surface area contributed by atoms with Crippen LogP contribution in [0, 0.1) is 17.4 Å². The number of nitrogens with zero attached hydrogens (tertiary/aromatic N) is 1. The highest BCUT2D eigenvalue weighted by molar-refractivity contribution is 14.1. The second-order valence-electron chi connectivity index (χ2n) is 5.40. The first kappa shape index (κ1) is 18.5. The number of hydrogen-bond donors (Lipinski definition) is 1. The Morgan fingerprint density at radius 2 is 1.88 bits per heavy atom. The molecule has 2 amide bonds. The van der Waals surface area contributed by atoms with Crippen molar-refractivity contribution in [1.29, 1.82) is 0 Å². The predicted molar refractivity (Wildman–Crippen MR) is 114 cm³/mol. The number of amides is 2. The maximum Gasteiger partial charge on any atom is 0.270 e. The van der Waals surface area contributed by atoms with Gasteiger partial charge in [-0.05, 0) is 84.6 Å². The molecular weight excluding hydrogens is 491 g/mol. The molecule has 1 aromatic heterocycles. The van der Waals surface area contributed by atoms with Gasteiger partial charge in [0.05, 0.1) is 5.69 Å². The zero-order valence-electron chi connectivity index (χ0n) is 13.2. The number of benzene rings is 1. The fraction of sp³-hybridized carbons (Fsp3) is 0.118. The van der Waals surface area contributed by atoms with Crippen LogP contribution >= 0.6 is 57.7 Å². The normalized spacial score (nSPS) is 16.6. The van der Waals surface area contributed by atoms with Crippen molar-refractivity contribution in [3.05, 3.63) is 53.7 Å². The molecule has 0 bridgehead atoms. The van der Waals surface area contributed by atoms with Gasteiger partial charge in [-0.3, -0.25) is 19.8 Å². The molecule has 1 N–H and O–H groups in total. The number of anilines is 1. The topological polar surface area (TPSA) is 49.4 Å². The molecule has 0 saturated carbocycles. The second-order valence-corrected chi connectivity index (χ2v) is 8.55. The third-order valence-corrected chi connectivity index (χ3v) is 7.25. The van der Waals surface area contributed by atoms with Gasteiger partial charge in [-0.25, -0.2) is 0 Å². The first-order valence-corrected chi connectivity index (χ1v) is 9.90. The maximum absolute atomic E-state index is 12.9. The first-order valence-electron chi connectivity index (χ1n) is 7.22. The molecule has 128 valence electrons. The van der Waals surface area contributed by atoms with Gasteiger partial charge in [-0.15, -0.1) is 11.3 Å². The molecule has 1 fully saturated rings. The Bertz CT molecular complexity index is 935. The molecule has 2 aromatic rings. The summed E-state index contributed by atoms with van der Waals surface area (Å²) in [5, 5.41) is 3.19. The van der Waals surface area contributed by atoms with E-state index in [4.69, 9.17) is 23.8 Å². The number of halogens is 2. The molecule has 1 aliphatic rings. The molecule has 0 spiro atoms. The zero-order valence-corrected chi connectivity index (χ0v) is 17.8. The molecule has 0 unspecified atom stereocenters. The van der Waals surface area contributed by atoms with Crippen molar-refractivity contribution < 1.29 is 9.59 Å². The maximum atomic E-state index is 12.9. The summed E-state index contributed by atoms with van der Waals surface area (Å²) in [6.07, 6.45) is 1.63. The molecule has 2 heterocycles. The lowest BCUT2D eigenvalue weighted by atomic mass is 10.1. The lowest BCUT2D eigenvalue weighted by molar-refractivity contribution is -0.122. The van der Waals surface area contributed by atoms with Gasteiger partial charge in [-0.1, -0.05) is 11.6 Å². The molecule has 3 rings (SSSR count). The summed E-state index contributed by atoms with van der Waals surface area (Å²) < 4.78 is 1.04. The summed E-state index contributed by atoms with van der Waals surface area (Å²) in [6.45, 7) is 4.04. The number of nitrogens with one attached hydrogen (secondary N) is 1. The number of aryl methyl sites for hydroxylation is 1. The van der Waals surface area contributed by atoms with Crippen molar-refractivity contribution in [2.75, 3.05) is 4.90 Å². The fourth-order valence-corrected chi connectivity index (χ4v) is 4.82. The lowest BCUT2D eigenvalue weighted by Gasteiger charge is -2.28. The van der Waals surface area contributed by atoms with E-state index in [9.17, 15) is 9.59 Å². The summed E-state index contributed by atoms with van der Waals surface area (Å²) in [6, 6.07) is 6.71. The summed E-state index contributed by atoms with van der Waals surface area (Å²) >= 11 is 14.9. The van der Waals surface area contributed by atoms with E-state index in [1.807, 2.05) is 13.8 Å². The Balaban J connectivity index is 2.05. The van der Waals surface area contributed by atoms with Crippen LogP contribution in [-0.4, -0.2) is 16.9 Å². The average Bonchev–Trinajstić information content (AvgIpc) is 2.80. The van der Waals surface area contributed by atoms with E-state index < -0.39 is 11.8 Å². The van der Waals surface area contributed by atoms with Gasteiger partial charge in [0, 0.05) is 18.3 Å². The van der Waals surface area contributed by atoms with Crippen LogP contribution < -0.4 is 10.2 Å². The van der Waals surface area contributed by atoms with Gasteiger partial charge < -0.3 is 0 Å². The summed E-state index contributed by atoms with van der Waals surface area (Å²) in [5.74, 6) is -0.935. The standard InChI is InChI=1S/C17H12ClIN2O2S2/c1-8-9(2)25-13(14(8)19)7-12-15(22)20-17(24)21(16(12)23)11-5-3-10(18)4-6-11/h3-7H,1-2H3,(H,20,22,24). The summed E-state index contributed by atoms with van der Waals surface area (Å²) in [7, 11) is 0. The van der Waals surface area contributed by atoms with Crippen molar-refractivity contribution in [3.8, 4) is 0 Å². The number of carbonyl (C=O) groups is 2. The SMILES string of the molecule is Cc1sc(C=C2C(=O)NC(=S)N(c3ccc(Cl)cc3)C2=O)c(I)c1C. The summed E-state index contributed by atoms with van der Waals surface area (Å²) in [4.78, 5) is 28.6. The molecule has 0 aliphatic carbocycles. The third kappa shape index (κ3) is 3.51. The van der Waals surface area contributed by atoms with Crippen LogP contribution in [0.3, 0.4) is 0 Å². The van der Waals surface area contributed by atoms with Gasteiger partial charge in [-0.2, -0.15) is 0 Å². The zero-order chi connectivity index (χ0) is 18.3. The van der Waals surface area contributed by atoms with Gasteiger partial charge >= 0.3 is 0 Å². The summed E-state index contributed by atoms with van der Waals surface area (Å²) in [5.41, 5.74) is 1.77. The number of carbonyl (C=O) groups excluding carboxylic acids is 2. The van der Waals surface area contributed by atoms with E-state index in [0.717, 1.165) is 18.9 Å². The Morgan fingerprint density at radius 3 is 2.44 bits per heavy atom. The van der Waals surface area contributed by atoms with Gasteiger partial charge in [0.2, 0.25) is 0 Å².